The highest BCUT2D eigenvalue weighted by atomic mass is 35.5. The molecule has 21 heavy (non-hydrogen) atoms. The van der Waals surface area contributed by atoms with Crippen LogP contribution in [0.25, 0.3) is 0 Å². The first kappa shape index (κ1) is 15.1. The highest BCUT2D eigenvalue weighted by molar-refractivity contribution is 7.92. The number of halogens is 2. The summed E-state index contributed by atoms with van der Waals surface area (Å²) in [5, 5.41) is 10.9. The molecule has 0 aliphatic rings. The third-order valence-corrected chi connectivity index (χ3v) is 4.05. The van der Waals surface area contributed by atoms with E-state index in [4.69, 9.17) is 11.6 Å². The van der Waals surface area contributed by atoms with Crippen molar-refractivity contribution in [1.29, 1.82) is 0 Å². The second-order valence-electron chi connectivity index (χ2n) is 3.84. The maximum absolute atomic E-state index is 12.7. The molecule has 1 heterocycles. The molecule has 0 spiro atoms. The van der Waals surface area contributed by atoms with Crippen molar-refractivity contribution in [2.75, 3.05) is 4.72 Å². The molecular formula is C11H7ClFN3O4S. The van der Waals surface area contributed by atoms with E-state index in [-0.39, 0.29) is 10.7 Å². The van der Waals surface area contributed by atoms with Gasteiger partial charge in [0.15, 0.2) is 4.90 Å². The summed E-state index contributed by atoms with van der Waals surface area (Å²) in [5.41, 5.74) is -0.689. The highest BCUT2D eigenvalue weighted by Gasteiger charge is 2.26. The lowest BCUT2D eigenvalue weighted by molar-refractivity contribution is -0.387. The van der Waals surface area contributed by atoms with Crippen LogP contribution in [0.5, 0.6) is 0 Å². The molecule has 1 N–H and O–H groups in total. The minimum Gasteiger partial charge on any atom is -0.278 e. The van der Waals surface area contributed by atoms with Gasteiger partial charge in [0, 0.05) is 11.1 Å². The fourth-order valence-corrected chi connectivity index (χ4v) is 2.87. The number of nitro groups is 1. The molecule has 7 nitrogen and oxygen atoms in total. The molecule has 10 heteroatoms. The Kier molecular flexibility index (Phi) is 4.05. The normalized spacial score (nSPS) is 11.1. The smallest absolute Gasteiger partial charge is 0.278 e. The topological polar surface area (TPSA) is 102 Å². The zero-order chi connectivity index (χ0) is 15.6. The van der Waals surface area contributed by atoms with E-state index < -0.39 is 31.5 Å². The van der Waals surface area contributed by atoms with Crippen LogP contribution in [0, 0.1) is 16.1 Å². The van der Waals surface area contributed by atoms with Crippen molar-refractivity contribution in [3.05, 3.63) is 57.6 Å². The summed E-state index contributed by atoms with van der Waals surface area (Å²) < 4.78 is 39.0. The largest absolute Gasteiger partial charge is 0.291 e. The minimum atomic E-state index is -4.23. The summed E-state index contributed by atoms with van der Waals surface area (Å²) in [6.45, 7) is 0. The molecule has 0 saturated carbocycles. The second-order valence-corrected chi connectivity index (χ2v) is 5.93. The standard InChI is InChI=1S/C11H7ClFN3O4S/c12-7-1-3-10(9(5-7)16(17)18)21(19,20)15-8-2-4-11(13)14-6-8/h1-6,15H. The molecule has 0 amide bonds. The van der Waals surface area contributed by atoms with E-state index in [0.717, 1.165) is 30.5 Å². The monoisotopic (exact) mass is 331 g/mol. The van der Waals surface area contributed by atoms with Gasteiger partial charge in [-0.15, -0.1) is 0 Å². The number of hydrogen-bond donors (Lipinski definition) is 1. The van der Waals surface area contributed by atoms with Crippen molar-refractivity contribution < 1.29 is 17.7 Å². The number of hydrogen-bond acceptors (Lipinski definition) is 5. The van der Waals surface area contributed by atoms with Crippen LogP contribution < -0.4 is 4.72 Å². The summed E-state index contributed by atoms with van der Waals surface area (Å²) in [7, 11) is -4.23. The minimum absolute atomic E-state index is 0.0272. The Balaban J connectivity index is 2.44. The third-order valence-electron chi connectivity index (χ3n) is 2.39. The lowest BCUT2D eigenvalue weighted by Crippen LogP contribution is -2.15. The number of pyridine rings is 1. The third kappa shape index (κ3) is 3.44. The Morgan fingerprint density at radius 3 is 2.57 bits per heavy atom. The van der Waals surface area contributed by atoms with Crippen molar-refractivity contribution in [2.24, 2.45) is 0 Å². The van der Waals surface area contributed by atoms with Gasteiger partial charge in [0.25, 0.3) is 15.7 Å². The van der Waals surface area contributed by atoms with Gasteiger partial charge >= 0.3 is 0 Å². The molecule has 1 aromatic carbocycles. The molecule has 0 fully saturated rings. The number of nitro benzene ring substituents is 1. The van der Waals surface area contributed by atoms with E-state index in [1.807, 2.05) is 0 Å². The Morgan fingerprint density at radius 1 is 1.29 bits per heavy atom. The molecule has 0 aliphatic heterocycles. The Labute approximate surface area is 123 Å². The van der Waals surface area contributed by atoms with Gasteiger partial charge in [-0.1, -0.05) is 11.6 Å². The van der Waals surface area contributed by atoms with E-state index in [2.05, 4.69) is 9.71 Å². The van der Waals surface area contributed by atoms with Gasteiger partial charge in [-0.3, -0.25) is 14.8 Å². The summed E-state index contributed by atoms with van der Waals surface area (Å²) in [6.07, 6.45) is 0.953. The van der Waals surface area contributed by atoms with Crippen LogP contribution in [0.3, 0.4) is 0 Å². The van der Waals surface area contributed by atoms with Crippen LogP contribution in [0.1, 0.15) is 0 Å². The molecule has 0 aliphatic carbocycles. The first-order chi connectivity index (χ1) is 9.79. The fraction of sp³-hybridized carbons (Fsp3) is 0. The maximum atomic E-state index is 12.7. The highest BCUT2D eigenvalue weighted by Crippen LogP contribution is 2.28. The predicted molar refractivity (Wildman–Crippen MR) is 73.1 cm³/mol. The van der Waals surface area contributed by atoms with Gasteiger partial charge in [-0.2, -0.15) is 4.39 Å². The number of nitrogens with one attached hydrogen (secondary N) is 1. The van der Waals surface area contributed by atoms with Crippen LogP contribution in [-0.2, 0) is 10.0 Å². The van der Waals surface area contributed by atoms with E-state index in [1.165, 1.54) is 6.07 Å². The number of rotatable bonds is 4. The summed E-state index contributed by atoms with van der Waals surface area (Å²) in [5.74, 6) is -0.782. The summed E-state index contributed by atoms with van der Waals surface area (Å²) >= 11 is 5.62. The van der Waals surface area contributed by atoms with Gasteiger partial charge in [-0.25, -0.2) is 13.4 Å². The van der Waals surface area contributed by atoms with Gasteiger partial charge in [0.1, 0.15) is 0 Å². The van der Waals surface area contributed by atoms with Crippen LogP contribution >= 0.6 is 11.6 Å². The van der Waals surface area contributed by atoms with Gasteiger partial charge in [0.05, 0.1) is 16.8 Å². The van der Waals surface area contributed by atoms with E-state index in [0.29, 0.717) is 0 Å². The van der Waals surface area contributed by atoms with Crippen molar-refractivity contribution in [3.63, 3.8) is 0 Å². The number of sulfonamides is 1. The Morgan fingerprint density at radius 2 is 2.00 bits per heavy atom. The molecule has 0 bridgehead atoms. The van der Waals surface area contributed by atoms with Gasteiger partial charge in [0.2, 0.25) is 5.95 Å². The zero-order valence-corrected chi connectivity index (χ0v) is 11.7. The summed E-state index contributed by atoms with van der Waals surface area (Å²) in [4.78, 5) is 12.8. The Bertz CT molecular complexity index is 796. The number of anilines is 1. The SMILES string of the molecule is O=[N+]([O-])c1cc(Cl)ccc1S(=O)(=O)Nc1ccc(F)nc1. The zero-order valence-electron chi connectivity index (χ0n) is 10.2. The van der Waals surface area contributed by atoms with Crippen molar-refractivity contribution in [1.82, 2.24) is 4.98 Å². The number of aromatic nitrogens is 1. The van der Waals surface area contributed by atoms with Crippen LogP contribution in [0.15, 0.2) is 41.4 Å². The van der Waals surface area contributed by atoms with Crippen molar-refractivity contribution in [3.8, 4) is 0 Å². The van der Waals surface area contributed by atoms with Crippen LogP contribution in [0.4, 0.5) is 15.8 Å². The average Bonchev–Trinajstić information content (AvgIpc) is 2.40. The maximum Gasteiger partial charge on any atom is 0.291 e. The van der Waals surface area contributed by atoms with Gasteiger partial charge < -0.3 is 0 Å². The first-order valence-corrected chi connectivity index (χ1v) is 7.24. The molecule has 2 aromatic rings. The Hall–Kier alpha value is -2.26. The second kappa shape index (κ2) is 5.62. The van der Waals surface area contributed by atoms with Crippen molar-refractivity contribution >= 4 is 33.0 Å². The van der Waals surface area contributed by atoms with Crippen LogP contribution in [0.2, 0.25) is 5.02 Å². The molecule has 1 aromatic heterocycles. The lowest BCUT2D eigenvalue weighted by Gasteiger charge is -2.08. The number of nitrogens with zero attached hydrogens (tertiary/aromatic N) is 2. The van der Waals surface area contributed by atoms with E-state index in [1.54, 1.807) is 0 Å². The van der Waals surface area contributed by atoms with E-state index >= 15 is 0 Å². The molecule has 2 rings (SSSR count). The van der Waals surface area contributed by atoms with Crippen molar-refractivity contribution in [2.45, 2.75) is 4.90 Å². The predicted octanol–water partition coefficient (Wildman–Crippen LogP) is 2.58. The molecule has 0 unspecified atom stereocenters. The molecule has 0 radical (unpaired) electrons. The number of benzene rings is 1. The van der Waals surface area contributed by atoms with E-state index in [9.17, 15) is 22.9 Å². The van der Waals surface area contributed by atoms with Crippen LogP contribution in [-0.4, -0.2) is 18.3 Å². The molecule has 0 saturated heterocycles. The lowest BCUT2D eigenvalue weighted by atomic mass is 10.3. The molecule has 110 valence electrons. The first-order valence-electron chi connectivity index (χ1n) is 5.38. The fourth-order valence-electron chi connectivity index (χ4n) is 1.51. The molecule has 0 atom stereocenters. The average molecular weight is 332 g/mol. The quantitative estimate of drug-likeness (QED) is 0.527. The summed E-state index contributed by atoms with van der Waals surface area (Å²) in [6, 6.07) is 5.25. The molecular weight excluding hydrogens is 325 g/mol. The van der Waals surface area contributed by atoms with Gasteiger partial charge in [-0.05, 0) is 24.3 Å².